The van der Waals surface area contributed by atoms with Gasteiger partial charge in [-0.25, -0.2) is 0 Å². The molecule has 2 saturated carbocycles. The Morgan fingerprint density at radius 1 is 1.43 bits per heavy atom. The van der Waals surface area contributed by atoms with Crippen LogP contribution in [0.2, 0.25) is 0 Å². The maximum atomic E-state index is 4.29. The summed E-state index contributed by atoms with van der Waals surface area (Å²) in [6, 6.07) is 0. The minimum atomic E-state index is 0.363. The lowest BCUT2D eigenvalue weighted by molar-refractivity contribution is 0.101. The van der Waals surface area contributed by atoms with Crippen molar-refractivity contribution in [2.75, 3.05) is 0 Å². The first-order valence-corrected chi connectivity index (χ1v) is 5.54. The summed E-state index contributed by atoms with van der Waals surface area (Å²) in [5, 5.41) is 8.29. The summed E-state index contributed by atoms with van der Waals surface area (Å²) >= 11 is 0. The molecule has 3 rings (SSSR count). The van der Waals surface area contributed by atoms with Crippen LogP contribution in [0.25, 0.3) is 0 Å². The topological polar surface area (TPSA) is 30.7 Å². The first kappa shape index (κ1) is 8.45. The van der Waals surface area contributed by atoms with Crippen LogP contribution in [0.15, 0.2) is 6.33 Å². The minimum absolute atomic E-state index is 0.363. The van der Waals surface area contributed by atoms with Gasteiger partial charge in [0.2, 0.25) is 0 Å². The molecule has 3 nitrogen and oxygen atoms in total. The van der Waals surface area contributed by atoms with Crippen molar-refractivity contribution in [2.45, 2.75) is 44.4 Å². The number of hydrogen-bond acceptors (Lipinski definition) is 2. The molecule has 3 heteroatoms. The van der Waals surface area contributed by atoms with Crippen LogP contribution in [0.5, 0.6) is 0 Å². The summed E-state index contributed by atoms with van der Waals surface area (Å²) in [6.45, 7) is 2.28. The Hall–Kier alpha value is -0.860. The lowest BCUT2D eigenvalue weighted by Crippen LogP contribution is -2.44. The van der Waals surface area contributed by atoms with Crippen LogP contribution in [0.1, 0.15) is 44.9 Å². The van der Waals surface area contributed by atoms with Crippen LogP contribution >= 0.6 is 0 Å². The lowest BCUT2D eigenvalue weighted by atomic mass is 9.57. The molecule has 0 bridgehead atoms. The fourth-order valence-corrected chi connectivity index (χ4v) is 3.24. The smallest absolute Gasteiger partial charge is 0.138 e. The molecule has 0 saturated heterocycles. The molecule has 0 aromatic carbocycles. The van der Waals surface area contributed by atoms with Gasteiger partial charge in [0, 0.05) is 12.5 Å². The van der Waals surface area contributed by atoms with E-state index in [-0.39, 0.29) is 0 Å². The second kappa shape index (κ2) is 2.38. The van der Waals surface area contributed by atoms with Gasteiger partial charge in [-0.15, -0.1) is 10.2 Å². The van der Waals surface area contributed by atoms with E-state index in [1.165, 1.54) is 37.9 Å². The van der Waals surface area contributed by atoms with E-state index in [0.29, 0.717) is 5.41 Å². The molecule has 2 aliphatic carbocycles. The molecule has 0 radical (unpaired) electrons. The van der Waals surface area contributed by atoms with E-state index in [9.17, 15) is 0 Å². The maximum Gasteiger partial charge on any atom is 0.138 e. The van der Waals surface area contributed by atoms with Gasteiger partial charge in [-0.2, -0.15) is 0 Å². The standard InChI is InChI=1S/C11H17N3/c1-3-11(6-10(7-11)4-5-10)9-13-12-8-14(9)2/h8H,3-7H2,1-2H3. The zero-order chi connectivity index (χ0) is 9.81. The van der Waals surface area contributed by atoms with E-state index in [2.05, 4.69) is 28.7 Å². The molecule has 0 unspecified atom stereocenters. The Bertz CT molecular complexity index is 354. The highest BCUT2D eigenvalue weighted by atomic mass is 15.3. The van der Waals surface area contributed by atoms with Gasteiger partial charge in [0.05, 0.1) is 0 Å². The molecule has 1 heterocycles. The Balaban J connectivity index is 1.92. The van der Waals surface area contributed by atoms with Crippen LogP contribution in [0, 0.1) is 5.41 Å². The third-order valence-corrected chi connectivity index (χ3v) is 4.25. The van der Waals surface area contributed by atoms with E-state index in [1.54, 1.807) is 0 Å². The first-order valence-electron chi connectivity index (χ1n) is 5.54. The van der Waals surface area contributed by atoms with Crippen LogP contribution in [0.3, 0.4) is 0 Å². The summed E-state index contributed by atoms with van der Waals surface area (Å²) in [5.41, 5.74) is 1.10. The molecule has 76 valence electrons. The minimum Gasteiger partial charge on any atom is -0.320 e. The molecule has 2 fully saturated rings. The predicted molar refractivity (Wildman–Crippen MR) is 53.9 cm³/mol. The molecular formula is C11H17N3. The van der Waals surface area contributed by atoms with E-state index < -0.39 is 0 Å². The third-order valence-electron chi connectivity index (χ3n) is 4.25. The second-order valence-corrected chi connectivity index (χ2v) is 5.25. The van der Waals surface area contributed by atoms with Crippen LogP contribution in [-0.4, -0.2) is 14.8 Å². The van der Waals surface area contributed by atoms with Crippen molar-refractivity contribution < 1.29 is 0 Å². The maximum absolute atomic E-state index is 4.29. The van der Waals surface area contributed by atoms with Crippen LogP contribution < -0.4 is 0 Å². The molecule has 0 atom stereocenters. The van der Waals surface area contributed by atoms with Crippen LogP contribution in [0.4, 0.5) is 0 Å². The number of aryl methyl sites for hydroxylation is 1. The van der Waals surface area contributed by atoms with Crippen LogP contribution in [-0.2, 0) is 12.5 Å². The van der Waals surface area contributed by atoms with E-state index >= 15 is 0 Å². The van der Waals surface area contributed by atoms with Crippen molar-refractivity contribution >= 4 is 0 Å². The van der Waals surface area contributed by atoms with Gasteiger partial charge >= 0.3 is 0 Å². The highest BCUT2D eigenvalue weighted by Crippen LogP contribution is 2.69. The van der Waals surface area contributed by atoms with Gasteiger partial charge in [0.1, 0.15) is 12.2 Å². The third kappa shape index (κ3) is 0.928. The summed E-state index contributed by atoms with van der Waals surface area (Å²) in [7, 11) is 2.06. The quantitative estimate of drug-likeness (QED) is 0.716. The molecule has 2 aliphatic rings. The average Bonchev–Trinajstić information content (AvgIpc) is 2.80. The molecule has 0 aliphatic heterocycles. The van der Waals surface area contributed by atoms with E-state index in [4.69, 9.17) is 0 Å². The van der Waals surface area contributed by atoms with Crippen molar-refractivity contribution in [3.05, 3.63) is 12.2 Å². The Morgan fingerprint density at radius 3 is 2.57 bits per heavy atom. The molecular weight excluding hydrogens is 174 g/mol. The fraction of sp³-hybridized carbons (Fsp3) is 0.818. The predicted octanol–water partition coefficient (Wildman–Crippen LogP) is 2.04. The van der Waals surface area contributed by atoms with Crippen molar-refractivity contribution in [1.82, 2.24) is 14.8 Å². The summed E-state index contributed by atoms with van der Waals surface area (Å²) in [4.78, 5) is 0. The van der Waals surface area contributed by atoms with Gasteiger partial charge in [0.15, 0.2) is 0 Å². The normalized spacial score (nSPS) is 26.1. The molecule has 1 spiro atoms. The van der Waals surface area contributed by atoms with Crippen molar-refractivity contribution in [2.24, 2.45) is 12.5 Å². The second-order valence-electron chi connectivity index (χ2n) is 5.25. The zero-order valence-electron chi connectivity index (χ0n) is 8.95. The van der Waals surface area contributed by atoms with Gasteiger partial charge < -0.3 is 4.57 Å². The van der Waals surface area contributed by atoms with Gasteiger partial charge in [0.25, 0.3) is 0 Å². The van der Waals surface area contributed by atoms with Crippen molar-refractivity contribution in [3.8, 4) is 0 Å². The highest BCUT2D eigenvalue weighted by Gasteiger charge is 2.61. The molecule has 1 aromatic heterocycles. The van der Waals surface area contributed by atoms with Crippen molar-refractivity contribution in [3.63, 3.8) is 0 Å². The van der Waals surface area contributed by atoms with Crippen molar-refractivity contribution in [1.29, 1.82) is 0 Å². The van der Waals surface area contributed by atoms with Gasteiger partial charge in [-0.05, 0) is 37.5 Å². The number of rotatable bonds is 2. The molecule has 0 amide bonds. The first-order chi connectivity index (χ1) is 6.70. The van der Waals surface area contributed by atoms with Gasteiger partial charge in [-0.3, -0.25) is 0 Å². The van der Waals surface area contributed by atoms with E-state index in [0.717, 1.165) is 5.41 Å². The SMILES string of the molecule is CCC1(c2nncn2C)CC2(CC2)C1. The molecule has 1 aromatic rings. The summed E-state index contributed by atoms with van der Waals surface area (Å²) in [6.07, 6.45) is 8.64. The van der Waals surface area contributed by atoms with Gasteiger partial charge in [-0.1, -0.05) is 6.92 Å². The largest absolute Gasteiger partial charge is 0.320 e. The molecule has 0 N–H and O–H groups in total. The summed E-state index contributed by atoms with van der Waals surface area (Å²) < 4.78 is 2.10. The highest BCUT2D eigenvalue weighted by molar-refractivity contribution is 5.23. The average molecular weight is 191 g/mol. The lowest BCUT2D eigenvalue weighted by Gasteiger charge is -2.47. The zero-order valence-corrected chi connectivity index (χ0v) is 8.95. The Kier molecular flexibility index (Phi) is 1.44. The number of aromatic nitrogens is 3. The fourth-order valence-electron chi connectivity index (χ4n) is 3.24. The molecule has 14 heavy (non-hydrogen) atoms. The Morgan fingerprint density at radius 2 is 2.14 bits per heavy atom. The monoisotopic (exact) mass is 191 g/mol. The van der Waals surface area contributed by atoms with E-state index in [1.807, 2.05) is 6.33 Å². The number of hydrogen-bond donors (Lipinski definition) is 0. The Labute approximate surface area is 84.5 Å². The summed E-state index contributed by atoms with van der Waals surface area (Å²) in [5.74, 6) is 1.21. The number of nitrogens with zero attached hydrogens (tertiary/aromatic N) is 3.